The number of hydrogen-bond donors (Lipinski definition) is 0. The van der Waals surface area contributed by atoms with E-state index >= 15 is 0 Å². The van der Waals surface area contributed by atoms with Gasteiger partial charge in [0, 0.05) is 12.6 Å². The highest BCUT2D eigenvalue weighted by Gasteiger charge is 2.21. The fraction of sp³-hybridized carbons (Fsp3) is 0.562. The number of likely N-dealkylation sites (tertiary alicyclic amines) is 1. The second-order valence-corrected chi connectivity index (χ2v) is 5.81. The lowest BCUT2D eigenvalue weighted by molar-refractivity contribution is 0.0602. The van der Waals surface area contributed by atoms with Gasteiger partial charge >= 0.3 is 5.97 Å². The van der Waals surface area contributed by atoms with Crippen molar-refractivity contribution in [3.63, 3.8) is 0 Å². The Hall–Kier alpha value is -1.95. The van der Waals surface area contributed by atoms with Gasteiger partial charge in [-0.25, -0.2) is 4.79 Å². The molecular formula is C16H22N4O2. The smallest absolute Gasteiger partial charge is 0.341 e. The van der Waals surface area contributed by atoms with E-state index in [0.29, 0.717) is 17.1 Å². The monoisotopic (exact) mass is 302 g/mol. The predicted molar refractivity (Wildman–Crippen MR) is 82.9 cm³/mol. The minimum absolute atomic E-state index is 0.374. The Labute approximate surface area is 130 Å². The molecule has 2 aromatic rings. The number of carbonyl (C=O) groups excluding carboxylic acids is 1. The zero-order valence-corrected chi connectivity index (χ0v) is 13.2. The molecule has 1 saturated heterocycles. The quantitative estimate of drug-likeness (QED) is 0.806. The molecule has 22 heavy (non-hydrogen) atoms. The van der Waals surface area contributed by atoms with Crippen LogP contribution in [0.2, 0.25) is 0 Å². The summed E-state index contributed by atoms with van der Waals surface area (Å²) in [5, 5.41) is 8.48. The van der Waals surface area contributed by atoms with Crippen LogP contribution < -0.4 is 0 Å². The first-order valence-electron chi connectivity index (χ1n) is 7.86. The van der Waals surface area contributed by atoms with E-state index in [1.807, 2.05) is 16.7 Å². The maximum atomic E-state index is 11.8. The van der Waals surface area contributed by atoms with Gasteiger partial charge in [0.25, 0.3) is 0 Å². The number of aromatic nitrogens is 3. The van der Waals surface area contributed by atoms with Gasteiger partial charge in [-0.2, -0.15) is 0 Å². The van der Waals surface area contributed by atoms with Gasteiger partial charge in [0.15, 0.2) is 5.65 Å². The van der Waals surface area contributed by atoms with E-state index in [4.69, 9.17) is 4.74 Å². The van der Waals surface area contributed by atoms with Crippen LogP contribution in [0.1, 0.15) is 35.9 Å². The van der Waals surface area contributed by atoms with Crippen molar-refractivity contribution in [2.24, 2.45) is 5.92 Å². The number of esters is 1. The van der Waals surface area contributed by atoms with E-state index in [-0.39, 0.29) is 5.97 Å². The van der Waals surface area contributed by atoms with E-state index < -0.39 is 0 Å². The highest BCUT2D eigenvalue weighted by molar-refractivity contribution is 5.95. The second-order valence-electron chi connectivity index (χ2n) is 5.81. The molecule has 0 spiro atoms. The number of rotatable bonds is 4. The standard InChI is InChI=1S/C16H22N4O2/c1-3-19-9-6-12(7-10-19)11-14-17-18-15-13(16(21)22-2)5-4-8-20(14)15/h4-5,8,12H,3,6-7,9-11H2,1-2H3. The minimum atomic E-state index is -0.374. The third-order valence-electron chi connectivity index (χ3n) is 4.54. The summed E-state index contributed by atoms with van der Waals surface area (Å²) in [6, 6.07) is 3.56. The average Bonchev–Trinajstić information content (AvgIpc) is 2.98. The van der Waals surface area contributed by atoms with E-state index in [2.05, 4.69) is 22.0 Å². The molecule has 2 aromatic heterocycles. The molecular weight excluding hydrogens is 280 g/mol. The molecule has 0 saturated carbocycles. The normalized spacial score (nSPS) is 17.0. The number of nitrogens with zero attached hydrogens (tertiary/aromatic N) is 4. The van der Waals surface area contributed by atoms with Gasteiger partial charge in [-0.1, -0.05) is 6.92 Å². The molecule has 3 heterocycles. The highest BCUT2D eigenvalue weighted by atomic mass is 16.5. The van der Waals surface area contributed by atoms with Crippen LogP contribution in [0.5, 0.6) is 0 Å². The zero-order valence-electron chi connectivity index (χ0n) is 13.2. The molecule has 0 unspecified atom stereocenters. The van der Waals surface area contributed by atoms with Gasteiger partial charge in [-0.15, -0.1) is 10.2 Å². The van der Waals surface area contributed by atoms with E-state index in [9.17, 15) is 4.79 Å². The van der Waals surface area contributed by atoms with Crippen LogP contribution in [-0.2, 0) is 11.2 Å². The van der Waals surface area contributed by atoms with Gasteiger partial charge in [-0.3, -0.25) is 4.40 Å². The number of fused-ring (bicyclic) bond motifs is 1. The van der Waals surface area contributed by atoms with Crippen molar-refractivity contribution in [2.45, 2.75) is 26.2 Å². The molecule has 0 aromatic carbocycles. The molecule has 6 nitrogen and oxygen atoms in total. The van der Waals surface area contributed by atoms with E-state index in [1.54, 1.807) is 6.07 Å². The highest BCUT2D eigenvalue weighted by Crippen LogP contribution is 2.21. The SMILES string of the molecule is CCN1CCC(Cc2nnc3c(C(=O)OC)cccn23)CC1. The molecule has 3 rings (SSSR count). The van der Waals surface area contributed by atoms with Crippen molar-refractivity contribution >= 4 is 11.6 Å². The van der Waals surface area contributed by atoms with Crippen molar-refractivity contribution in [1.82, 2.24) is 19.5 Å². The van der Waals surface area contributed by atoms with Crippen molar-refractivity contribution in [3.05, 3.63) is 29.7 Å². The summed E-state index contributed by atoms with van der Waals surface area (Å²) in [6.07, 6.45) is 5.21. The Balaban J connectivity index is 1.79. The lowest BCUT2D eigenvalue weighted by atomic mass is 9.93. The van der Waals surface area contributed by atoms with Crippen LogP contribution in [0.4, 0.5) is 0 Å². The summed E-state index contributed by atoms with van der Waals surface area (Å²) in [6.45, 7) is 5.65. The summed E-state index contributed by atoms with van der Waals surface area (Å²) in [5.74, 6) is 1.19. The molecule has 0 amide bonds. The Kier molecular flexibility index (Phi) is 4.38. The average molecular weight is 302 g/mol. The summed E-state index contributed by atoms with van der Waals surface area (Å²) >= 11 is 0. The predicted octanol–water partition coefficient (Wildman–Crippen LogP) is 1.79. The van der Waals surface area contributed by atoms with Crippen LogP contribution in [-0.4, -0.2) is 52.2 Å². The molecule has 1 aliphatic rings. The fourth-order valence-corrected chi connectivity index (χ4v) is 3.14. The number of carbonyl (C=O) groups is 1. The van der Waals surface area contributed by atoms with E-state index in [1.165, 1.54) is 20.0 Å². The summed E-state index contributed by atoms with van der Waals surface area (Å²) < 4.78 is 6.72. The Bertz CT molecular complexity index is 659. The molecule has 0 atom stereocenters. The van der Waals surface area contributed by atoms with Gasteiger partial charge in [0.05, 0.1) is 7.11 Å². The van der Waals surface area contributed by atoms with Crippen LogP contribution in [0, 0.1) is 5.92 Å². The first kappa shape index (κ1) is 15.0. The molecule has 0 aliphatic carbocycles. The molecule has 0 radical (unpaired) electrons. The number of hydrogen-bond acceptors (Lipinski definition) is 5. The van der Waals surface area contributed by atoms with Crippen LogP contribution in [0.15, 0.2) is 18.3 Å². The minimum Gasteiger partial charge on any atom is -0.465 e. The largest absolute Gasteiger partial charge is 0.465 e. The van der Waals surface area contributed by atoms with Gasteiger partial charge in [-0.05, 0) is 50.5 Å². The molecule has 0 N–H and O–H groups in total. The third kappa shape index (κ3) is 2.83. The first-order chi connectivity index (χ1) is 10.7. The van der Waals surface area contributed by atoms with Crippen LogP contribution in [0.25, 0.3) is 5.65 Å². The third-order valence-corrected chi connectivity index (χ3v) is 4.54. The number of ether oxygens (including phenoxy) is 1. The lowest BCUT2D eigenvalue weighted by Crippen LogP contribution is -2.34. The van der Waals surface area contributed by atoms with Crippen molar-refractivity contribution in [1.29, 1.82) is 0 Å². The van der Waals surface area contributed by atoms with Crippen LogP contribution >= 0.6 is 0 Å². The summed E-state index contributed by atoms with van der Waals surface area (Å²) in [5.41, 5.74) is 1.04. The Morgan fingerprint density at radius 1 is 1.36 bits per heavy atom. The van der Waals surface area contributed by atoms with Crippen molar-refractivity contribution in [3.8, 4) is 0 Å². The zero-order chi connectivity index (χ0) is 15.5. The number of methoxy groups -OCH3 is 1. The second kappa shape index (κ2) is 6.44. The molecule has 1 aliphatic heterocycles. The molecule has 118 valence electrons. The maximum absolute atomic E-state index is 11.8. The molecule has 1 fully saturated rings. The van der Waals surface area contributed by atoms with Crippen molar-refractivity contribution in [2.75, 3.05) is 26.7 Å². The number of pyridine rings is 1. The first-order valence-corrected chi connectivity index (χ1v) is 7.86. The van der Waals surface area contributed by atoms with Crippen LogP contribution in [0.3, 0.4) is 0 Å². The summed E-state index contributed by atoms with van der Waals surface area (Å²) in [4.78, 5) is 14.3. The van der Waals surface area contributed by atoms with Gasteiger partial charge < -0.3 is 9.64 Å². The van der Waals surface area contributed by atoms with Crippen molar-refractivity contribution < 1.29 is 9.53 Å². The molecule has 6 heteroatoms. The maximum Gasteiger partial charge on any atom is 0.341 e. The Morgan fingerprint density at radius 3 is 2.82 bits per heavy atom. The van der Waals surface area contributed by atoms with E-state index in [0.717, 1.165) is 31.9 Å². The van der Waals surface area contributed by atoms with Gasteiger partial charge in [0.2, 0.25) is 0 Å². The Morgan fingerprint density at radius 2 is 2.14 bits per heavy atom. The lowest BCUT2D eigenvalue weighted by Gasteiger charge is -2.30. The summed E-state index contributed by atoms with van der Waals surface area (Å²) in [7, 11) is 1.38. The molecule has 0 bridgehead atoms. The van der Waals surface area contributed by atoms with Gasteiger partial charge in [0.1, 0.15) is 11.4 Å². The number of piperidine rings is 1. The topological polar surface area (TPSA) is 59.7 Å². The fourth-order valence-electron chi connectivity index (χ4n) is 3.14.